The van der Waals surface area contributed by atoms with Crippen molar-refractivity contribution in [3.05, 3.63) is 78.9 Å². The maximum atomic E-state index is 6.43. The Kier molecular flexibility index (Phi) is 9.50. The van der Waals surface area contributed by atoms with Gasteiger partial charge in [0.2, 0.25) is 0 Å². The fraction of sp³-hybridized carbons (Fsp3) is 0. The molecule has 0 N–H and O–H groups in total. The summed E-state index contributed by atoms with van der Waals surface area (Å²) in [7, 11) is 35.5. The van der Waals surface area contributed by atoms with Crippen LogP contribution in [0.4, 0.5) is 0 Å². The molecule has 0 saturated heterocycles. The number of furan rings is 1. The van der Waals surface area contributed by atoms with E-state index in [0.29, 0.717) is 0 Å². The molecule has 62 heavy (non-hydrogen) atoms. The SMILES string of the molecule is Bc1c(B)c(B)c2c(-c3c4c(B)c(B)c(B)c(B)c4c(-c4ccc(-c5cccc6oc7ccccc7c56)c5ccccc45)c4c(B)c(B)c(B)c(B)c34)c(B)c(B)c(B)c2c1B. The zero-order chi connectivity index (χ0) is 44.0. The van der Waals surface area contributed by atoms with Crippen molar-refractivity contribution >= 4 is 265 Å². The van der Waals surface area contributed by atoms with Gasteiger partial charge in [-0.05, 0) is 88.6 Å². The number of fused-ring (bicyclic) bond motifs is 7. The Bertz CT molecular complexity index is 3620. The van der Waals surface area contributed by atoms with Crippen LogP contribution < -0.4 is 81.9 Å². The number of hydrogen-bond acceptors (Lipinski definition) is 1. The second-order valence-electron chi connectivity index (χ2n) is 18.7. The summed E-state index contributed by atoms with van der Waals surface area (Å²) >= 11 is 0. The largest absolute Gasteiger partial charge is 0.456 e. The smallest absolute Gasteiger partial charge is 0.139 e. The van der Waals surface area contributed by atoms with Gasteiger partial charge >= 0.3 is 0 Å². The van der Waals surface area contributed by atoms with Gasteiger partial charge in [0.15, 0.2) is 0 Å². The van der Waals surface area contributed by atoms with Crippen LogP contribution in [-0.4, -0.2) is 118 Å². The molecule has 9 aromatic carbocycles. The Balaban J connectivity index is 1.47. The van der Waals surface area contributed by atoms with E-state index < -0.39 is 0 Å². The Labute approximate surface area is 379 Å². The van der Waals surface area contributed by atoms with Gasteiger partial charge in [-0.2, -0.15) is 0 Å². The molecular weight excluding hydrogens is 731 g/mol. The van der Waals surface area contributed by atoms with Gasteiger partial charge in [-0.15, -0.1) is 38.2 Å². The molecular formula is C46H43B15O. The minimum Gasteiger partial charge on any atom is -0.456 e. The molecule has 0 fully saturated rings. The van der Waals surface area contributed by atoms with Crippen molar-refractivity contribution in [1.82, 2.24) is 0 Å². The number of rotatable bonds is 3. The van der Waals surface area contributed by atoms with E-state index in [4.69, 9.17) is 4.42 Å². The van der Waals surface area contributed by atoms with E-state index >= 15 is 0 Å². The molecule has 0 aliphatic carbocycles. The van der Waals surface area contributed by atoms with Crippen molar-refractivity contribution in [1.29, 1.82) is 0 Å². The molecule has 1 heterocycles. The summed E-state index contributed by atoms with van der Waals surface area (Å²) in [5.41, 5.74) is 30.5. The van der Waals surface area contributed by atoms with Crippen molar-refractivity contribution < 1.29 is 4.42 Å². The standard InChI is InChI=1S/C46H43B15O/c47-32-25-23(18-13-12-16(14-6-1-2-7-15(14)18)17-9-5-11-21-22(17)19-8-3-4-10-20(19)62-21)26-28(36(51)44(59)42(57)33(26)48)24(27(25)35(50)43(58)41(32)56)29-30-31(38(53)40(55)34(29)49)39(54)46(61)45(60)37(30)52/h1-13H,47-61H2. The third-order valence-corrected chi connectivity index (χ3v) is 16.3. The fourth-order valence-electron chi connectivity index (χ4n) is 11.6. The van der Waals surface area contributed by atoms with Crippen LogP contribution >= 0.6 is 0 Å². The van der Waals surface area contributed by atoms with Crippen molar-refractivity contribution in [2.45, 2.75) is 0 Å². The quantitative estimate of drug-likeness (QED) is 0.129. The minimum absolute atomic E-state index is 0.920. The van der Waals surface area contributed by atoms with Gasteiger partial charge in [-0.1, -0.05) is 110 Å². The van der Waals surface area contributed by atoms with Crippen LogP contribution in [0.15, 0.2) is 83.3 Å². The predicted octanol–water partition coefficient (Wildman–Crippen LogP) is -12.9. The third-order valence-electron chi connectivity index (χ3n) is 16.3. The first-order valence-corrected chi connectivity index (χ1v) is 22.5. The van der Waals surface area contributed by atoms with E-state index in [1.807, 2.05) is 0 Å². The summed E-state index contributed by atoms with van der Waals surface area (Å²) in [5, 5.41) is 13.2. The zero-order valence-electron chi connectivity index (χ0n) is 39.4. The van der Waals surface area contributed by atoms with Gasteiger partial charge in [0.1, 0.15) is 129 Å². The van der Waals surface area contributed by atoms with Gasteiger partial charge in [-0.3, -0.25) is 0 Å². The molecule has 0 unspecified atom stereocenters. The summed E-state index contributed by atoms with van der Waals surface area (Å²) in [4.78, 5) is 0. The molecule has 1 nitrogen and oxygen atoms in total. The molecule has 0 spiro atoms. The van der Waals surface area contributed by atoms with Gasteiger partial charge < -0.3 is 4.42 Å². The lowest BCUT2D eigenvalue weighted by Crippen LogP contribution is -2.53. The zero-order valence-corrected chi connectivity index (χ0v) is 39.4. The highest BCUT2D eigenvalue weighted by atomic mass is 16.3. The topological polar surface area (TPSA) is 13.1 Å². The summed E-state index contributed by atoms with van der Waals surface area (Å²) in [6.07, 6.45) is 0. The number of hydrogen-bond donors (Lipinski definition) is 0. The van der Waals surface area contributed by atoms with Gasteiger partial charge in [0, 0.05) is 10.8 Å². The van der Waals surface area contributed by atoms with Crippen molar-refractivity contribution in [3.8, 4) is 33.4 Å². The Morgan fingerprint density at radius 1 is 0.226 bits per heavy atom. The molecule has 0 aliphatic heterocycles. The summed E-state index contributed by atoms with van der Waals surface area (Å²) in [5.74, 6) is 0. The van der Waals surface area contributed by atoms with Crippen LogP contribution in [0, 0.1) is 0 Å². The lowest BCUT2D eigenvalue weighted by Gasteiger charge is -2.31. The number of para-hydroxylation sites is 1. The highest BCUT2D eigenvalue weighted by molar-refractivity contribution is 6.75. The molecule has 0 bridgehead atoms. The molecule has 0 atom stereocenters. The second kappa shape index (κ2) is 14.4. The maximum Gasteiger partial charge on any atom is 0.139 e. The molecule has 0 aliphatic rings. The molecule has 10 rings (SSSR count). The Morgan fingerprint density at radius 3 is 1.11 bits per heavy atom. The minimum atomic E-state index is 0.920. The Morgan fingerprint density at radius 2 is 0.597 bits per heavy atom. The lowest BCUT2D eigenvalue weighted by atomic mass is 9.56. The molecule has 10 aromatic rings. The number of benzene rings is 9. The van der Waals surface area contributed by atoms with E-state index in [1.54, 1.807) is 0 Å². The average Bonchev–Trinajstić information content (AvgIpc) is 3.67. The Hall–Kier alpha value is -5.21. The van der Waals surface area contributed by atoms with Crippen LogP contribution in [0.2, 0.25) is 0 Å². The van der Waals surface area contributed by atoms with Crippen LogP contribution in [0.25, 0.3) is 98.4 Å². The molecule has 0 amide bonds. The average molecular weight is 774 g/mol. The van der Waals surface area contributed by atoms with Crippen LogP contribution in [-0.2, 0) is 0 Å². The fourth-order valence-corrected chi connectivity index (χ4v) is 11.6. The summed E-state index contributed by atoms with van der Waals surface area (Å²) in [6, 6.07) is 28.9. The molecule has 278 valence electrons. The third kappa shape index (κ3) is 5.37. The molecule has 0 saturated carbocycles. The van der Waals surface area contributed by atoms with Gasteiger partial charge in [0.05, 0.1) is 0 Å². The van der Waals surface area contributed by atoms with E-state index in [1.165, 1.54) is 164 Å². The van der Waals surface area contributed by atoms with Gasteiger partial charge in [0.25, 0.3) is 0 Å². The van der Waals surface area contributed by atoms with Crippen LogP contribution in [0.3, 0.4) is 0 Å². The first kappa shape index (κ1) is 40.8. The normalized spacial score (nSPS) is 11.9. The molecule has 0 radical (unpaired) electrons. The van der Waals surface area contributed by atoms with Crippen LogP contribution in [0.5, 0.6) is 0 Å². The van der Waals surface area contributed by atoms with E-state index in [0.717, 1.165) is 16.6 Å². The van der Waals surface area contributed by atoms with Crippen LogP contribution in [0.1, 0.15) is 0 Å². The molecule has 16 heteroatoms. The van der Waals surface area contributed by atoms with E-state index in [9.17, 15) is 0 Å². The molecule has 1 aromatic heterocycles. The van der Waals surface area contributed by atoms with E-state index in [-0.39, 0.29) is 0 Å². The highest BCUT2D eigenvalue weighted by Gasteiger charge is 2.29. The van der Waals surface area contributed by atoms with Crippen molar-refractivity contribution in [3.63, 3.8) is 0 Å². The first-order chi connectivity index (χ1) is 29.6. The van der Waals surface area contributed by atoms with E-state index in [2.05, 4.69) is 197 Å². The highest BCUT2D eigenvalue weighted by Crippen LogP contribution is 2.46. The second-order valence-corrected chi connectivity index (χ2v) is 18.7. The van der Waals surface area contributed by atoms with Crippen molar-refractivity contribution in [2.75, 3.05) is 0 Å². The maximum absolute atomic E-state index is 6.43. The predicted molar refractivity (Wildman–Crippen MR) is 323 cm³/mol. The first-order valence-electron chi connectivity index (χ1n) is 22.5. The monoisotopic (exact) mass is 776 g/mol. The van der Waals surface area contributed by atoms with Crippen molar-refractivity contribution in [2.24, 2.45) is 0 Å². The summed E-state index contributed by atoms with van der Waals surface area (Å²) < 4.78 is 6.43. The lowest BCUT2D eigenvalue weighted by molar-refractivity contribution is 0.669. The summed E-state index contributed by atoms with van der Waals surface area (Å²) in [6.45, 7) is 0. The van der Waals surface area contributed by atoms with Gasteiger partial charge in [-0.25, -0.2) is 0 Å².